The SMILES string of the molecule is CCCCCCC(CCCC)COC(=O)CCCCCN(C)C.CCCCS(=O)(=O)O. The molecule has 0 spiro atoms. The molecule has 0 amide bonds. The summed E-state index contributed by atoms with van der Waals surface area (Å²) >= 11 is 0. The van der Waals surface area contributed by atoms with Crippen molar-refractivity contribution in [3.8, 4) is 0 Å². The van der Waals surface area contributed by atoms with Gasteiger partial charge in [-0.2, -0.15) is 8.42 Å². The summed E-state index contributed by atoms with van der Waals surface area (Å²) in [6.45, 7) is 8.09. The minimum absolute atomic E-state index is 0.00455. The molecule has 1 unspecified atom stereocenters. The maximum absolute atomic E-state index is 11.9. The Kier molecular flexibility index (Phi) is 23.6. The van der Waals surface area contributed by atoms with Gasteiger partial charge < -0.3 is 9.64 Å². The monoisotopic (exact) mass is 465 g/mol. The minimum Gasteiger partial charge on any atom is -0.465 e. The second-order valence-electron chi connectivity index (χ2n) is 8.79. The number of hydrogen-bond donors (Lipinski definition) is 1. The molecule has 0 aliphatic carbocycles. The van der Waals surface area contributed by atoms with Crippen LogP contribution in [0.5, 0.6) is 0 Å². The molecule has 0 aromatic carbocycles. The van der Waals surface area contributed by atoms with Crippen molar-refractivity contribution < 1.29 is 22.5 Å². The molecule has 0 aliphatic heterocycles. The maximum atomic E-state index is 11.9. The van der Waals surface area contributed by atoms with Crippen molar-refractivity contribution in [1.82, 2.24) is 4.90 Å². The van der Waals surface area contributed by atoms with Crippen molar-refractivity contribution in [2.24, 2.45) is 5.92 Å². The Hall–Kier alpha value is -0.660. The summed E-state index contributed by atoms with van der Waals surface area (Å²) in [5.74, 6) is 0.471. The Morgan fingerprint density at radius 2 is 1.42 bits per heavy atom. The first-order chi connectivity index (χ1) is 14.7. The molecule has 6 nitrogen and oxygen atoms in total. The lowest BCUT2D eigenvalue weighted by Crippen LogP contribution is -2.15. The van der Waals surface area contributed by atoms with Crippen molar-refractivity contribution in [3.63, 3.8) is 0 Å². The van der Waals surface area contributed by atoms with Crippen LogP contribution in [-0.4, -0.2) is 56.8 Å². The van der Waals surface area contributed by atoms with E-state index in [-0.39, 0.29) is 11.7 Å². The van der Waals surface area contributed by atoms with Gasteiger partial charge in [0.05, 0.1) is 12.4 Å². The molecule has 0 heterocycles. The van der Waals surface area contributed by atoms with Crippen LogP contribution in [0.1, 0.15) is 111 Å². The lowest BCUT2D eigenvalue weighted by atomic mass is 9.96. The van der Waals surface area contributed by atoms with Gasteiger partial charge in [-0.25, -0.2) is 0 Å². The van der Waals surface area contributed by atoms with Gasteiger partial charge >= 0.3 is 5.97 Å². The van der Waals surface area contributed by atoms with E-state index in [1.165, 1.54) is 51.4 Å². The van der Waals surface area contributed by atoms with Crippen LogP contribution in [0.15, 0.2) is 0 Å². The molecule has 1 N–H and O–H groups in total. The molecule has 0 aromatic heterocycles. The van der Waals surface area contributed by atoms with Crippen LogP contribution < -0.4 is 0 Å². The normalized spacial score (nSPS) is 12.4. The summed E-state index contributed by atoms with van der Waals surface area (Å²) in [6.07, 6.45) is 15.3. The first-order valence-corrected chi connectivity index (χ1v) is 14.0. The molecular formula is C24H51NO5S. The summed E-state index contributed by atoms with van der Waals surface area (Å²) in [5.41, 5.74) is 0. The molecule has 0 saturated heterocycles. The Morgan fingerprint density at radius 3 is 1.94 bits per heavy atom. The van der Waals surface area contributed by atoms with Crippen LogP contribution >= 0.6 is 0 Å². The molecule has 0 aliphatic rings. The summed E-state index contributed by atoms with van der Waals surface area (Å²) < 4.78 is 33.5. The zero-order chi connectivity index (χ0) is 24.0. The van der Waals surface area contributed by atoms with E-state index in [4.69, 9.17) is 9.29 Å². The highest BCUT2D eigenvalue weighted by Gasteiger charge is 2.11. The Labute approximate surface area is 193 Å². The van der Waals surface area contributed by atoms with Gasteiger partial charge in [0, 0.05) is 6.42 Å². The second-order valence-corrected chi connectivity index (χ2v) is 10.4. The van der Waals surface area contributed by atoms with Crippen molar-refractivity contribution in [1.29, 1.82) is 0 Å². The molecule has 0 fully saturated rings. The van der Waals surface area contributed by atoms with Gasteiger partial charge in [0.15, 0.2) is 0 Å². The van der Waals surface area contributed by atoms with Gasteiger partial charge in [-0.1, -0.05) is 72.1 Å². The van der Waals surface area contributed by atoms with Crippen LogP contribution in [0, 0.1) is 5.92 Å². The topological polar surface area (TPSA) is 83.9 Å². The van der Waals surface area contributed by atoms with Crippen molar-refractivity contribution in [2.45, 2.75) is 111 Å². The summed E-state index contributed by atoms with van der Waals surface area (Å²) in [4.78, 5) is 14.1. The molecule has 1 atom stereocenters. The van der Waals surface area contributed by atoms with Crippen LogP contribution in [0.25, 0.3) is 0 Å². The Bertz CT molecular complexity index is 494. The van der Waals surface area contributed by atoms with E-state index in [0.29, 0.717) is 25.4 Å². The first kappa shape index (κ1) is 32.5. The lowest BCUT2D eigenvalue weighted by molar-refractivity contribution is -0.145. The van der Waals surface area contributed by atoms with Gasteiger partial charge in [0.1, 0.15) is 0 Å². The third kappa shape index (κ3) is 29.3. The average Bonchev–Trinajstić information content (AvgIpc) is 2.70. The summed E-state index contributed by atoms with van der Waals surface area (Å²) in [7, 11) is 0.491. The maximum Gasteiger partial charge on any atom is 0.305 e. The molecule has 31 heavy (non-hydrogen) atoms. The van der Waals surface area contributed by atoms with Crippen LogP contribution in [0.2, 0.25) is 0 Å². The summed E-state index contributed by atoms with van der Waals surface area (Å²) in [5, 5.41) is 0. The van der Waals surface area contributed by atoms with E-state index >= 15 is 0 Å². The largest absolute Gasteiger partial charge is 0.465 e. The third-order valence-electron chi connectivity index (χ3n) is 5.15. The number of rotatable bonds is 19. The fourth-order valence-electron chi connectivity index (χ4n) is 3.15. The van der Waals surface area contributed by atoms with Crippen molar-refractivity contribution in [2.75, 3.05) is 33.0 Å². The Morgan fingerprint density at radius 1 is 0.839 bits per heavy atom. The molecule has 0 aromatic rings. The van der Waals surface area contributed by atoms with E-state index < -0.39 is 10.1 Å². The van der Waals surface area contributed by atoms with Gasteiger partial charge in [-0.05, 0) is 58.7 Å². The zero-order valence-corrected chi connectivity index (χ0v) is 21.9. The molecule has 188 valence electrons. The van der Waals surface area contributed by atoms with Gasteiger partial charge in [-0.3, -0.25) is 9.35 Å². The molecular weight excluding hydrogens is 414 g/mol. The standard InChI is InChI=1S/C20H41NO2.C4H10O3S/c1-5-7-9-11-15-19(14-8-6-2)18-23-20(22)16-12-10-13-17-21(3)4;1-2-3-4-8(5,6)7/h19H,5-18H2,1-4H3;2-4H2,1H3,(H,5,6,7). The predicted molar refractivity (Wildman–Crippen MR) is 131 cm³/mol. The van der Waals surface area contributed by atoms with Gasteiger partial charge in [0.25, 0.3) is 10.1 Å². The Balaban J connectivity index is 0. The molecule has 0 saturated carbocycles. The van der Waals surface area contributed by atoms with Crippen LogP contribution in [-0.2, 0) is 19.6 Å². The molecule has 0 radical (unpaired) electrons. The quantitative estimate of drug-likeness (QED) is 0.141. The molecule has 0 rings (SSSR count). The fourth-order valence-corrected chi connectivity index (χ4v) is 3.80. The number of unbranched alkanes of at least 4 members (excludes halogenated alkanes) is 7. The number of nitrogens with zero attached hydrogens (tertiary/aromatic N) is 1. The van der Waals surface area contributed by atoms with E-state index in [2.05, 4.69) is 32.8 Å². The fraction of sp³-hybridized carbons (Fsp3) is 0.958. The van der Waals surface area contributed by atoms with Crippen molar-refractivity contribution >= 4 is 16.1 Å². The highest BCUT2D eigenvalue weighted by atomic mass is 32.2. The van der Waals surface area contributed by atoms with Gasteiger partial charge in [0.2, 0.25) is 0 Å². The summed E-state index contributed by atoms with van der Waals surface area (Å²) in [6, 6.07) is 0. The average molecular weight is 466 g/mol. The second kappa shape index (κ2) is 22.5. The van der Waals surface area contributed by atoms with E-state index in [9.17, 15) is 13.2 Å². The number of carbonyl (C=O) groups is 1. The minimum atomic E-state index is -3.69. The number of ether oxygens (including phenoxy) is 1. The lowest BCUT2D eigenvalue weighted by Gasteiger charge is -2.17. The van der Waals surface area contributed by atoms with Gasteiger partial charge in [-0.15, -0.1) is 0 Å². The van der Waals surface area contributed by atoms with E-state index in [1.54, 1.807) is 0 Å². The number of carbonyl (C=O) groups excluding carboxylic acids is 1. The highest BCUT2D eigenvalue weighted by molar-refractivity contribution is 7.85. The molecule has 7 heteroatoms. The smallest absolute Gasteiger partial charge is 0.305 e. The first-order valence-electron chi connectivity index (χ1n) is 12.4. The third-order valence-corrected chi connectivity index (χ3v) is 5.96. The predicted octanol–water partition coefficient (Wildman–Crippen LogP) is 6.10. The number of hydrogen-bond acceptors (Lipinski definition) is 5. The highest BCUT2D eigenvalue weighted by Crippen LogP contribution is 2.18. The number of esters is 1. The van der Waals surface area contributed by atoms with Crippen LogP contribution in [0.3, 0.4) is 0 Å². The molecule has 0 bridgehead atoms. The zero-order valence-electron chi connectivity index (χ0n) is 21.0. The van der Waals surface area contributed by atoms with E-state index in [1.807, 2.05) is 6.92 Å². The van der Waals surface area contributed by atoms with E-state index in [0.717, 1.165) is 32.2 Å². The van der Waals surface area contributed by atoms with Crippen LogP contribution in [0.4, 0.5) is 0 Å². The van der Waals surface area contributed by atoms with Crippen molar-refractivity contribution in [3.05, 3.63) is 0 Å².